The van der Waals surface area contributed by atoms with Gasteiger partial charge in [0.25, 0.3) is 5.56 Å². The van der Waals surface area contributed by atoms with Crippen LogP contribution in [-0.2, 0) is 4.79 Å². The second-order valence-corrected chi connectivity index (χ2v) is 9.21. The molecule has 1 amide bonds. The minimum Gasteiger partial charge on any atom is -0.333 e. The molecule has 0 radical (unpaired) electrons. The molecule has 0 spiro atoms. The fraction of sp³-hybridized carbons (Fsp3) is 0.464. The van der Waals surface area contributed by atoms with E-state index in [1.54, 1.807) is 4.57 Å². The number of amides is 1. The van der Waals surface area contributed by atoms with Gasteiger partial charge in [-0.15, -0.1) is 11.6 Å². The second-order valence-electron chi connectivity index (χ2n) is 8.83. The molecule has 2 aromatic carbocycles. The first-order chi connectivity index (χ1) is 16.5. The van der Waals surface area contributed by atoms with Gasteiger partial charge in [-0.1, -0.05) is 57.4 Å². The summed E-state index contributed by atoms with van der Waals surface area (Å²) in [6.45, 7) is 6.89. The van der Waals surface area contributed by atoms with Crippen LogP contribution in [0.3, 0.4) is 0 Å². The maximum absolute atomic E-state index is 13.7. The van der Waals surface area contributed by atoms with Gasteiger partial charge in [0.05, 0.1) is 22.6 Å². The van der Waals surface area contributed by atoms with Crippen molar-refractivity contribution in [2.45, 2.75) is 71.8 Å². The van der Waals surface area contributed by atoms with E-state index in [1.807, 2.05) is 60.4 Å². The van der Waals surface area contributed by atoms with Gasteiger partial charge in [-0.25, -0.2) is 4.98 Å². The van der Waals surface area contributed by atoms with Gasteiger partial charge in [0.15, 0.2) is 0 Å². The summed E-state index contributed by atoms with van der Waals surface area (Å²) in [6, 6.07) is 15.0. The molecule has 0 saturated carbocycles. The van der Waals surface area contributed by atoms with Crippen LogP contribution in [0.4, 0.5) is 0 Å². The molecular formula is C28H36ClN3O2. The number of para-hydroxylation sites is 1. The van der Waals surface area contributed by atoms with Gasteiger partial charge in [0.1, 0.15) is 5.82 Å². The van der Waals surface area contributed by atoms with Gasteiger partial charge >= 0.3 is 0 Å². The quantitative estimate of drug-likeness (QED) is 0.217. The highest BCUT2D eigenvalue weighted by Crippen LogP contribution is 2.27. The van der Waals surface area contributed by atoms with Crippen molar-refractivity contribution < 1.29 is 4.79 Å². The number of unbranched alkanes of at least 4 members (excludes halogenated alkanes) is 3. The van der Waals surface area contributed by atoms with Crippen LogP contribution in [-0.4, -0.2) is 32.8 Å². The monoisotopic (exact) mass is 481 g/mol. The third kappa shape index (κ3) is 6.06. The largest absolute Gasteiger partial charge is 0.333 e. The molecule has 3 aromatic rings. The number of halogens is 1. The first-order valence-electron chi connectivity index (χ1n) is 12.5. The Hall–Kier alpha value is -2.66. The maximum Gasteiger partial charge on any atom is 0.266 e. The minimum atomic E-state index is -0.303. The number of rotatable bonds is 12. The van der Waals surface area contributed by atoms with Crippen molar-refractivity contribution in [1.82, 2.24) is 14.5 Å². The highest BCUT2D eigenvalue weighted by molar-refractivity contribution is 6.17. The van der Waals surface area contributed by atoms with Crippen molar-refractivity contribution in [1.29, 1.82) is 0 Å². The van der Waals surface area contributed by atoms with E-state index in [1.165, 1.54) is 0 Å². The van der Waals surface area contributed by atoms with Gasteiger partial charge in [0, 0.05) is 18.8 Å². The topological polar surface area (TPSA) is 55.2 Å². The number of fused-ring (bicyclic) bond motifs is 1. The van der Waals surface area contributed by atoms with Crippen LogP contribution in [0.15, 0.2) is 53.3 Å². The van der Waals surface area contributed by atoms with Crippen LogP contribution >= 0.6 is 11.6 Å². The Bertz CT molecular complexity index is 1160. The van der Waals surface area contributed by atoms with E-state index in [0.29, 0.717) is 48.4 Å². The predicted octanol–water partition coefficient (Wildman–Crippen LogP) is 6.57. The van der Waals surface area contributed by atoms with Crippen molar-refractivity contribution in [2.75, 3.05) is 12.4 Å². The third-order valence-corrected chi connectivity index (χ3v) is 6.49. The van der Waals surface area contributed by atoms with Crippen molar-refractivity contribution in [3.63, 3.8) is 0 Å². The predicted molar refractivity (Wildman–Crippen MR) is 141 cm³/mol. The summed E-state index contributed by atoms with van der Waals surface area (Å²) >= 11 is 5.90. The molecule has 0 bridgehead atoms. The van der Waals surface area contributed by atoms with Gasteiger partial charge in [-0.2, -0.15) is 0 Å². The van der Waals surface area contributed by atoms with E-state index < -0.39 is 0 Å². The third-order valence-electron chi connectivity index (χ3n) is 6.22. The van der Waals surface area contributed by atoms with Gasteiger partial charge in [0.2, 0.25) is 5.91 Å². The highest BCUT2D eigenvalue weighted by Gasteiger charge is 2.28. The summed E-state index contributed by atoms with van der Waals surface area (Å²) in [4.78, 5) is 34.0. The molecule has 0 fully saturated rings. The molecule has 0 N–H and O–H groups in total. The Morgan fingerprint density at radius 2 is 1.85 bits per heavy atom. The lowest BCUT2D eigenvalue weighted by Gasteiger charge is -2.32. The standard InChI is InChI=1S/C28H36ClN3O2/c1-4-6-7-10-19-31(26(33)17-12-18-29)25(5-2)27-30-24-16-9-8-15-23(24)28(34)32(27)22-14-11-13-21(3)20-22/h8-9,11,13-16,20,25H,4-7,10,12,17-19H2,1-3H3. The summed E-state index contributed by atoms with van der Waals surface area (Å²) in [7, 11) is 0. The molecule has 182 valence electrons. The van der Waals surface area contributed by atoms with Crippen LogP contribution in [0.25, 0.3) is 16.6 Å². The average Bonchev–Trinajstić information content (AvgIpc) is 2.84. The summed E-state index contributed by atoms with van der Waals surface area (Å²) < 4.78 is 1.71. The number of alkyl halides is 1. The molecule has 0 aliphatic carbocycles. The number of aromatic nitrogens is 2. The summed E-state index contributed by atoms with van der Waals surface area (Å²) in [5.74, 6) is 1.14. The van der Waals surface area contributed by atoms with Gasteiger partial charge in [-0.3, -0.25) is 14.2 Å². The Morgan fingerprint density at radius 3 is 2.56 bits per heavy atom. The van der Waals surface area contributed by atoms with Crippen LogP contribution in [0.1, 0.15) is 76.2 Å². The van der Waals surface area contributed by atoms with E-state index in [0.717, 1.165) is 36.9 Å². The molecule has 3 rings (SSSR count). The van der Waals surface area contributed by atoms with Crippen LogP contribution in [0.5, 0.6) is 0 Å². The molecule has 1 unspecified atom stereocenters. The molecule has 34 heavy (non-hydrogen) atoms. The molecule has 5 nitrogen and oxygen atoms in total. The van der Waals surface area contributed by atoms with E-state index in [2.05, 4.69) is 13.8 Å². The average molecular weight is 482 g/mol. The lowest BCUT2D eigenvalue weighted by atomic mass is 10.1. The van der Waals surface area contributed by atoms with Crippen molar-refractivity contribution in [3.05, 3.63) is 70.3 Å². The van der Waals surface area contributed by atoms with Crippen LogP contribution in [0, 0.1) is 6.92 Å². The Morgan fingerprint density at radius 1 is 1.06 bits per heavy atom. The van der Waals surface area contributed by atoms with Gasteiger partial charge < -0.3 is 4.90 Å². The highest BCUT2D eigenvalue weighted by atomic mass is 35.5. The molecule has 0 saturated heterocycles. The molecule has 0 aliphatic heterocycles. The van der Waals surface area contributed by atoms with Crippen molar-refractivity contribution >= 4 is 28.4 Å². The van der Waals surface area contributed by atoms with E-state index in [-0.39, 0.29) is 17.5 Å². The first kappa shape index (κ1) is 26.0. The zero-order valence-corrected chi connectivity index (χ0v) is 21.4. The first-order valence-corrected chi connectivity index (χ1v) is 13.0. The molecule has 6 heteroatoms. The lowest BCUT2D eigenvalue weighted by Crippen LogP contribution is -2.39. The fourth-order valence-electron chi connectivity index (χ4n) is 4.46. The molecule has 1 heterocycles. The molecular weight excluding hydrogens is 446 g/mol. The zero-order valence-electron chi connectivity index (χ0n) is 20.6. The minimum absolute atomic E-state index is 0.0715. The fourth-order valence-corrected chi connectivity index (χ4v) is 4.59. The van der Waals surface area contributed by atoms with Crippen LogP contribution < -0.4 is 5.56 Å². The summed E-state index contributed by atoms with van der Waals surface area (Å²) in [5.41, 5.74) is 2.38. The maximum atomic E-state index is 13.7. The smallest absolute Gasteiger partial charge is 0.266 e. The van der Waals surface area contributed by atoms with E-state index in [9.17, 15) is 9.59 Å². The summed E-state index contributed by atoms with van der Waals surface area (Å²) in [6.07, 6.45) is 5.98. The van der Waals surface area contributed by atoms with Gasteiger partial charge in [-0.05, 0) is 56.0 Å². The SMILES string of the molecule is CCCCCCN(C(=O)CCCCl)C(CC)c1nc2ccccc2c(=O)n1-c1cccc(C)c1. The zero-order chi connectivity index (χ0) is 24.5. The number of nitrogens with zero attached hydrogens (tertiary/aromatic N) is 3. The van der Waals surface area contributed by atoms with Crippen LogP contribution in [0.2, 0.25) is 0 Å². The molecule has 0 aliphatic rings. The Balaban J connectivity index is 2.17. The van der Waals surface area contributed by atoms with Crippen molar-refractivity contribution in [3.8, 4) is 5.69 Å². The number of aryl methyl sites for hydroxylation is 1. The van der Waals surface area contributed by atoms with E-state index in [4.69, 9.17) is 16.6 Å². The number of benzene rings is 2. The lowest BCUT2D eigenvalue weighted by molar-refractivity contribution is -0.134. The number of carbonyl (C=O) groups excluding carboxylic acids is 1. The molecule has 1 atom stereocenters. The van der Waals surface area contributed by atoms with Crippen molar-refractivity contribution in [2.24, 2.45) is 0 Å². The number of hydrogen-bond acceptors (Lipinski definition) is 3. The number of carbonyl (C=O) groups is 1. The number of hydrogen-bond donors (Lipinski definition) is 0. The molecule has 1 aromatic heterocycles. The second kappa shape index (κ2) is 12.7. The normalized spacial score (nSPS) is 12.1. The summed E-state index contributed by atoms with van der Waals surface area (Å²) in [5, 5.41) is 0.575. The van der Waals surface area contributed by atoms with E-state index >= 15 is 0 Å². The Kier molecular flexibility index (Phi) is 9.70. The Labute approximate surface area is 207 Å².